The second-order valence-electron chi connectivity index (χ2n) is 4.04. The SMILES string of the molecule is CCC(CC)(NC(=O)c1cccc(=O)[nH]1)C(N)=S. The Labute approximate surface area is 111 Å². The van der Waals surface area contributed by atoms with Gasteiger partial charge >= 0.3 is 0 Å². The van der Waals surface area contributed by atoms with Crippen LogP contribution in [-0.2, 0) is 0 Å². The number of hydrogen-bond acceptors (Lipinski definition) is 3. The molecule has 0 saturated carbocycles. The minimum atomic E-state index is -0.709. The molecule has 1 amide bonds. The predicted octanol–water partition coefficient (Wildman–Crippen LogP) is 0.950. The molecular formula is C12H17N3O2S. The lowest BCUT2D eigenvalue weighted by Crippen LogP contribution is -2.56. The van der Waals surface area contributed by atoms with Gasteiger partial charge in [-0.3, -0.25) is 9.59 Å². The van der Waals surface area contributed by atoms with E-state index in [4.69, 9.17) is 18.0 Å². The summed E-state index contributed by atoms with van der Waals surface area (Å²) in [4.78, 5) is 25.9. The number of nitrogens with one attached hydrogen (secondary N) is 2. The lowest BCUT2D eigenvalue weighted by Gasteiger charge is -2.31. The number of nitrogens with two attached hydrogens (primary N) is 1. The molecule has 0 aromatic carbocycles. The van der Waals surface area contributed by atoms with Crippen molar-refractivity contribution in [2.75, 3.05) is 0 Å². The van der Waals surface area contributed by atoms with Gasteiger partial charge < -0.3 is 16.0 Å². The number of rotatable bonds is 5. The zero-order valence-corrected chi connectivity index (χ0v) is 11.3. The largest absolute Gasteiger partial charge is 0.391 e. The number of pyridine rings is 1. The smallest absolute Gasteiger partial charge is 0.268 e. The lowest BCUT2D eigenvalue weighted by molar-refractivity contribution is 0.0914. The van der Waals surface area contributed by atoms with Crippen LogP contribution < -0.4 is 16.6 Å². The summed E-state index contributed by atoms with van der Waals surface area (Å²) in [6.07, 6.45) is 1.20. The van der Waals surface area contributed by atoms with Gasteiger partial charge in [-0.15, -0.1) is 0 Å². The maximum Gasteiger partial charge on any atom is 0.268 e. The predicted molar refractivity (Wildman–Crippen MR) is 74.6 cm³/mol. The quantitative estimate of drug-likeness (QED) is 0.693. The molecule has 4 N–H and O–H groups in total. The Morgan fingerprint density at radius 1 is 1.44 bits per heavy atom. The molecule has 0 aliphatic heterocycles. The summed E-state index contributed by atoms with van der Waals surface area (Å²) in [5.74, 6) is -0.385. The van der Waals surface area contributed by atoms with E-state index in [-0.39, 0.29) is 22.1 Å². The Bertz CT molecular complexity index is 506. The van der Waals surface area contributed by atoms with Crippen molar-refractivity contribution in [3.63, 3.8) is 0 Å². The summed E-state index contributed by atoms with van der Waals surface area (Å²) in [6, 6.07) is 4.40. The summed E-state index contributed by atoms with van der Waals surface area (Å²) in [5.41, 5.74) is 4.86. The highest BCUT2D eigenvalue weighted by atomic mass is 32.1. The second-order valence-corrected chi connectivity index (χ2v) is 4.48. The Morgan fingerprint density at radius 2 is 2.06 bits per heavy atom. The standard InChI is InChI=1S/C12H17N3O2S/c1-3-12(4-2,11(13)18)15-10(17)8-6-5-7-9(16)14-8/h5-7H,3-4H2,1-2H3,(H2,13,18)(H,14,16)(H,15,17). The van der Waals surface area contributed by atoms with E-state index in [2.05, 4.69) is 10.3 Å². The molecule has 0 fully saturated rings. The molecule has 0 unspecified atom stereocenters. The number of hydrogen-bond donors (Lipinski definition) is 3. The van der Waals surface area contributed by atoms with Gasteiger partial charge in [0.2, 0.25) is 5.56 Å². The number of carbonyl (C=O) groups excluding carboxylic acids is 1. The molecule has 0 bridgehead atoms. The third-order valence-electron chi connectivity index (χ3n) is 3.04. The average molecular weight is 267 g/mol. The van der Waals surface area contributed by atoms with Gasteiger partial charge in [0, 0.05) is 6.07 Å². The number of aromatic amines is 1. The number of aromatic nitrogens is 1. The number of thiocarbonyl (C=S) groups is 1. The lowest BCUT2D eigenvalue weighted by atomic mass is 9.92. The molecule has 1 aromatic heterocycles. The van der Waals surface area contributed by atoms with Crippen molar-refractivity contribution in [3.05, 3.63) is 34.2 Å². The van der Waals surface area contributed by atoms with Gasteiger partial charge in [0.1, 0.15) is 5.69 Å². The van der Waals surface area contributed by atoms with E-state index in [1.165, 1.54) is 18.2 Å². The van der Waals surface area contributed by atoms with E-state index >= 15 is 0 Å². The van der Waals surface area contributed by atoms with E-state index < -0.39 is 5.54 Å². The minimum Gasteiger partial charge on any atom is -0.391 e. The topological polar surface area (TPSA) is 88.0 Å². The Kier molecular flexibility index (Phi) is 4.61. The van der Waals surface area contributed by atoms with E-state index in [1.807, 2.05) is 13.8 Å². The van der Waals surface area contributed by atoms with Gasteiger partial charge in [0.05, 0.1) is 10.5 Å². The van der Waals surface area contributed by atoms with Crippen molar-refractivity contribution in [1.29, 1.82) is 0 Å². The highest BCUT2D eigenvalue weighted by Gasteiger charge is 2.31. The van der Waals surface area contributed by atoms with E-state index in [0.717, 1.165) is 0 Å². The molecule has 0 saturated heterocycles. The first kappa shape index (κ1) is 14.4. The first-order chi connectivity index (χ1) is 8.45. The van der Waals surface area contributed by atoms with Crippen molar-refractivity contribution >= 4 is 23.1 Å². The molecule has 98 valence electrons. The van der Waals surface area contributed by atoms with Crippen LogP contribution in [0.1, 0.15) is 37.2 Å². The highest BCUT2D eigenvalue weighted by molar-refractivity contribution is 7.80. The fraction of sp³-hybridized carbons (Fsp3) is 0.417. The second kappa shape index (κ2) is 5.77. The third kappa shape index (κ3) is 2.95. The zero-order chi connectivity index (χ0) is 13.8. The Morgan fingerprint density at radius 3 is 2.50 bits per heavy atom. The number of amides is 1. The van der Waals surface area contributed by atoms with Crippen molar-refractivity contribution in [2.24, 2.45) is 5.73 Å². The molecule has 0 spiro atoms. The molecular weight excluding hydrogens is 250 g/mol. The van der Waals surface area contributed by atoms with Gasteiger partial charge in [-0.05, 0) is 18.9 Å². The van der Waals surface area contributed by atoms with Crippen LogP contribution in [0.4, 0.5) is 0 Å². The van der Waals surface area contributed by atoms with Crippen LogP contribution in [-0.4, -0.2) is 21.4 Å². The summed E-state index contributed by atoms with van der Waals surface area (Å²) in [7, 11) is 0. The van der Waals surface area contributed by atoms with Crippen LogP contribution in [0.3, 0.4) is 0 Å². The monoisotopic (exact) mass is 267 g/mol. The maximum atomic E-state index is 12.0. The average Bonchev–Trinajstić information content (AvgIpc) is 2.35. The molecule has 6 heteroatoms. The number of carbonyl (C=O) groups is 1. The van der Waals surface area contributed by atoms with Crippen LogP contribution in [0.25, 0.3) is 0 Å². The normalized spacial score (nSPS) is 11.0. The van der Waals surface area contributed by atoms with Gasteiger partial charge in [-0.1, -0.05) is 32.1 Å². The van der Waals surface area contributed by atoms with Crippen LogP contribution >= 0.6 is 12.2 Å². The fourth-order valence-electron chi connectivity index (χ4n) is 1.70. The van der Waals surface area contributed by atoms with Crippen molar-refractivity contribution in [2.45, 2.75) is 32.2 Å². The van der Waals surface area contributed by atoms with Crippen molar-refractivity contribution < 1.29 is 4.79 Å². The highest BCUT2D eigenvalue weighted by Crippen LogP contribution is 2.16. The molecule has 1 heterocycles. The summed E-state index contributed by atoms with van der Waals surface area (Å²) in [5, 5.41) is 2.80. The molecule has 1 aromatic rings. The van der Waals surface area contributed by atoms with Gasteiger partial charge in [-0.25, -0.2) is 0 Å². The third-order valence-corrected chi connectivity index (χ3v) is 3.44. The molecule has 0 atom stereocenters. The molecule has 18 heavy (non-hydrogen) atoms. The van der Waals surface area contributed by atoms with Gasteiger partial charge in [0.15, 0.2) is 0 Å². The first-order valence-electron chi connectivity index (χ1n) is 5.77. The van der Waals surface area contributed by atoms with Crippen molar-refractivity contribution in [3.8, 4) is 0 Å². The molecule has 0 radical (unpaired) electrons. The van der Waals surface area contributed by atoms with E-state index in [9.17, 15) is 9.59 Å². The van der Waals surface area contributed by atoms with E-state index in [0.29, 0.717) is 12.8 Å². The van der Waals surface area contributed by atoms with Crippen LogP contribution in [0.2, 0.25) is 0 Å². The zero-order valence-electron chi connectivity index (χ0n) is 10.4. The summed E-state index contributed by atoms with van der Waals surface area (Å²) < 4.78 is 0. The van der Waals surface area contributed by atoms with Crippen LogP contribution in [0.5, 0.6) is 0 Å². The molecule has 0 aliphatic rings. The fourth-order valence-corrected chi connectivity index (χ4v) is 2.04. The maximum absolute atomic E-state index is 12.0. The molecule has 0 aliphatic carbocycles. The Hall–Kier alpha value is -1.69. The first-order valence-corrected chi connectivity index (χ1v) is 6.17. The minimum absolute atomic E-state index is 0.199. The van der Waals surface area contributed by atoms with Crippen molar-refractivity contribution in [1.82, 2.24) is 10.3 Å². The summed E-state index contributed by atoms with van der Waals surface area (Å²) >= 11 is 5.01. The molecule has 5 nitrogen and oxygen atoms in total. The van der Waals surface area contributed by atoms with Gasteiger partial charge in [0.25, 0.3) is 5.91 Å². The van der Waals surface area contributed by atoms with Crippen LogP contribution in [0, 0.1) is 0 Å². The van der Waals surface area contributed by atoms with Gasteiger partial charge in [-0.2, -0.15) is 0 Å². The van der Waals surface area contributed by atoms with E-state index in [1.54, 1.807) is 0 Å². The summed E-state index contributed by atoms with van der Waals surface area (Å²) in [6.45, 7) is 3.80. The van der Waals surface area contributed by atoms with Crippen LogP contribution in [0.15, 0.2) is 23.0 Å². The molecule has 1 rings (SSSR count). The Balaban J connectivity index is 2.99. The number of H-pyrrole nitrogens is 1.